The molecule has 0 saturated heterocycles. The second-order valence-corrected chi connectivity index (χ2v) is 4.77. The number of halogens is 1. The van der Waals surface area contributed by atoms with Crippen LogP contribution >= 0.6 is 15.9 Å². The third-order valence-electron chi connectivity index (χ3n) is 2.39. The molecule has 2 aromatic rings. The van der Waals surface area contributed by atoms with Crippen LogP contribution in [0.1, 0.15) is 5.56 Å². The van der Waals surface area contributed by atoms with Gasteiger partial charge in [-0.25, -0.2) is 4.79 Å². The number of carbonyl (C=O) groups excluding carboxylic acids is 1. The van der Waals surface area contributed by atoms with E-state index in [2.05, 4.69) is 26.6 Å². The number of rotatable bonds is 3. The fraction of sp³-hybridized carbons (Fsp3) is 0. The molecule has 0 aliphatic heterocycles. The highest BCUT2D eigenvalue weighted by atomic mass is 79.9. The Morgan fingerprint density at radius 3 is 2.37 bits per heavy atom. The highest BCUT2D eigenvalue weighted by Gasteiger charge is 1.98. The van der Waals surface area contributed by atoms with Crippen LogP contribution < -0.4 is 10.6 Å². The van der Waals surface area contributed by atoms with Crippen molar-refractivity contribution in [2.75, 3.05) is 5.32 Å². The average molecular weight is 317 g/mol. The van der Waals surface area contributed by atoms with Gasteiger partial charge in [-0.2, -0.15) is 0 Å². The van der Waals surface area contributed by atoms with Gasteiger partial charge >= 0.3 is 6.03 Å². The van der Waals surface area contributed by atoms with E-state index in [4.69, 9.17) is 0 Å². The fourth-order valence-electron chi connectivity index (χ4n) is 1.48. The highest BCUT2D eigenvalue weighted by Crippen LogP contribution is 2.13. The minimum Gasteiger partial charge on any atom is -0.314 e. The number of nitrogens with one attached hydrogen (secondary N) is 2. The third kappa shape index (κ3) is 4.60. The van der Waals surface area contributed by atoms with E-state index in [1.54, 1.807) is 6.20 Å². The summed E-state index contributed by atoms with van der Waals surface area (Å²) in [5, 5.41) is 5.39. The van der Waals surface area contributed by atoms with Gasteiger partial charge in [0, 0.05) is 16.4 Å². The molecule has 2 amide bonds. The van der Waals surface area contributed by atoms with E-state index in [0.717, 1.165) is 15.7 Å². The van der Waals surface area contributed by atoms with E-state index in [-0.39, 0.29) is 6.03 Å². The fourth-order valence-corrected chi connectivity index (χ4v) is 1.74. The van der Waals surface area contributed by atoms with Gasteiger partial charge in [0.1, 0.15) is 0 Å². The topological polar surface area (TPSA) is 41.1 Å². The van der Waals surface area contributed by atoms with Crippen molar-refractivity contribution in [1.82, 2.24) is 5.32 Å². The molecule has 0 bridgehead atoms. The van der Waals surface area contributed by atoms with Gasteiger partial charge in [-0.05, 0) is 35.9 Å². The van der Waals surface area contributed by atoms with Crippen LogP contribution in [-0.4, -0.2) is 6.03 Å². The van der Waals surface area contributed by atoms with Crippen LogP contribution in [0, 0.1) is 0 Å². The first kappa shape index (κ1) is 13.4. The van der Waals surface area contributed by atoms with E-state index in [9.17, 15) is 4.79 Å². The van der Waals surface area contributed by atoms with Gasteiger partial charge in [0.15, 0.2) is 0 Å². The number of hydrogen-bond acceptors (Lipinski definition) is 1. The molecule has 0 aromatic heterocycles. The largest absolute Gasteiger partial charge is 0.323 e. The van der Waals surface area contributed by atoms with Crippen molar-refractivity contribution in [2.45, 2.75) is 0 Å². The van der Waals surface area contributed by atoms with Gasteiger partial charge in [0.25, 0.3) is 0 Å². The summed E-state index contributed by atoms with van der Waals surface area (Å²) in [6.07, 6.45) is 3.45. The Morgan fingerprint density at radius 1 is 1.00 bits per heavy atom. The second kappa shape index (κ2) is 6.75. The van der Waals surface area contributed by atoms with Gasteiger partial charge in [0.2, 0.25) is 0 Å². The normalized spacial score (nSPS) is 10.4. The van der Waals surface area contributed by atoms with E-state index < -0.39 is 0 Å². The zero-order valence-corrected chi connectivity index (χ0v) is 11.7. The first-order valence-corrected chi connectivity index (χ1v) is 6.58. The van der Waals surface area contributed by atoms with E-state index in [0.29, 0.717) is 0 Å². The molecule has 0 fully saturated rings. The maximum atomic E-state index is 11.6. The maximum Gasteiger partial charge on any atom is 0.323 e. The van der Waals surface area contributed by atoms with E-state index in [1.165, 1.54) is 0 Å². The highest BCUT2D eigenvalue weighted by molar-refractivity contribution is 9.10. The molecule has 0 aliphatic rings. The molecule has 2 N–H and O–H groups in total. The molecule has 0 unspecified atom stereocenters. The van der Waals surface area contributed by atoms with Gasteiger partial charge in [-0.1, -0.05) is 46.3 Å². The SMILES string of the molecule is O=C(N/C=C/c1ccccc1)Nc1ccc(Br)cc1. The number of hydrogen-bond donors (Lipinski definition) is 2. The van der Waals surface area contributed by atoms with Gasteiger partial charge in [-0.3, -0.25) is 0 Å². The van der Waals surface area contributed by atoms with E-state index in [1.807, 2.05) is 60.7 Å². The standard InChI is InChI=1S/C15H13BrN2O/c16-13-6-8-14(9-7-13)18-15(19)17-11-10-12-4-2-1-3-5-12/h1-11H,(H2,17,18,19)/b11-10+. The predicted octanol–water partition coefficient (Wildman–Crippen LogP) is 4.24. The maximum absolute atomic E-state index is 11.6. The van der Waals surface area contributed by atoms with Crippen LogP contribution in [0.4, 0.5) is 10.5 Å². The Balaban J connectivity index is 1.85. The van der Waals surface area contributed by atoms with Crippen molar-refractivity contribution < 1.29 is 4.79 Å². The molecule has 2 aromatic carbocycles. The first-order valence-electron chi connectivity index (χ1n) is 5.79. The van der Waals surface area contributed by atoms with Crippen LogP contribution in [0.5, 0.6) is 0 Å². The number of benzene rings is 2. The minimum absolute atomic E-state index is 0.269. The molecule has 3 nitrogen and oxygen atoms in total. The Bertz CT molecular complexity index is 564. The molecular weight excluding hydrogens is 304 g/mol. The summed E-state index contributed by atoms with van der Waals surface area (Å²) >= 11 is 3.34. The van der Waals surface area contributed by atoms with Crippen molar-refractivity contribution in [3.63, 3.8) is 0 Å². The molecule has 0 spiro atoms. The molecule has 19 heavy (non-hydrogen) atoms. The van der Waals surface area contributed by atoms with Crippen molar-refractivity contribution >= 4 is 33.7 Å². The molecule has 0 saturated carbocycles. The summed E-state index contributed by atoms with van der Waals surface area (Å²) in [6.45, 7) is 0. The Hall–Kier alpha value is -2.07. The summed E-state index contributed by atoms with van der Waals surface area (Å²) in [5.41, 5.74) is 1.78. The molecule has 0 heterocycles. The molecular formula is C15H13BrN2O. The number of urea groups is 1. The van der Waals surface area contributed by atoms with Crippen molar-refractivity contribution in [2.24, 2.45) is 0 Å². The van der Waals surface area contributed by atoms with Gasteiger partial charge in [0.05, 0.1) is 0 Å². The summed E-state index contributed by atoms with van der Waals surface area (Å²) in [6, 6.07) is 16.9. The summed E-state index contributed by atoms with van der Waals surface area (Å²) in [4.78, 5) is 11.6. The lowest BCUT2D eigenvalue weighted by atomic mass is 10.2. The lowest BCUT2D eigenvalue weighted by Gasteiger charge is -2.04. The van der Waals surface area contributed by atoms with Crippen LogP contribution in [0.25, 0.3) is 6.08 Å². The van der Waals surface area contributed by atoms with Crippen molar-refractivity contribution in [3.05, 3.63) is 70.8 Å². The Labute approximate surface area is 120 Å². The molecule has 2 rings (SSSR count). The average Bonchev–Trinajstić information content (AvgIpc) is 2.43. The minimum atomic E-state index is -0.269. The number of anilines is 1. The number of carbonyl (C=O) groups is 1. The van der Waals surface area contributed by atoms with Crippen LogP contribution in [0.3, 0.4) is 0 Å². The predicted molar refractivity (Wildman–Crippen MR) is 81.8 cm³/mol. The van der Waals surface area contributed by atoms with Crippen LogP contribution in [0.15, 0.2) is 65.3 Å². The quantitative estimate of drug-likeness (QED) is 0.873. The van der Waals surface area contributed by atoms with Gasteiger partial charge in [-0.15, -0.1) is 0 Å². The molecule has 4 heteroatoms. The summed E-state index contributed by atoms with van der Waals surface area (Å²) in [5.74, 6) is 0. The Kier molecular flexibility index (Phi) is 4.75. The molecule has 96 valence electrons. The monoisotopic (exact) mass is 316 g/mol. The van der Waals surface area contributed by atoms with Crippen molar-refractivity contribution in [3.8, 4) is 0 Å². The first-order chi connectivity index (χ1) is 9.24. The lowest BCUT2D eigenvalue weighted by molar-refractivity contribution is 0.255. The van der Waals surface area contributed by atoms with Crippen molar-refractivity contribution in [1.29, 1.82) is 0 Å². The second-order valence-electron chi connectivity index (χ2n) is 3.85. The van der Waals surface area contributed by atoms with E-state index >= 15 is 0 Å². The van der Waals surface area contributed by atoms with Gasteiger partial charge < -0.3 is 10.6 Å². The Morgan fingerprint density at radius 2 is 1.68 bits per heavy atom. The number of amides is 2. The van der Waals surface area contributed by atoms with Crippen LogP contribution in [0.2, 0.25) is 0 Å². The lowest BCUT2D eigenvalue weighted by Crippen LogP contribution is -2.23. The zero-order valence-electron chi connectivity index (χ0n) is 10.1. The molecule has 0 atom stereocenters. The third-order valence-corrected chi connectivity index (χ3v) is 2.92. The summed E-state index contributed by atoms with van der Waals surface area (Å²) in [7, 11) is 0. The smallest absolute Gasteiger partial charge is 0.314 e. The summed E-state index contributed by atoms with van der Waals surface area (Å²) < 4.78 is 0.974. The van der Waals surface area contributed by atoms with Crippen LogP contribution in [-0.2, 0) is 0 Å². The molecule has 0 aliphatic carbocycles. The molecule has 0 radical (unpaired) electrons. The zero-order chi connectivity index (χ0) is 13.5.